The van der Waals surface area contributed by atoms with Crippen molar-refractivity contribution in [1.29, 1.82) is 0 Å². The van der Waals surface area contributed by atoms with E-state index < -0.39 is 0 Å². The van der Waals surface area contributed by atoms with Crippen molar-refractivity contribution in [1.82, 2.24) is 30.0 Å². The average molecular weight is 421 g/mol. The molecular formula is C22H24N6OS. The third kappa shape index (κ3) is 3.80. The summed E-state index contributed by atoms with van der Waals surface area (Å²) in [6, 6.07) is 10.3. The second-order valence-electron chi connectivity index (χ2n) is 7.70. The van der Waals surface area contributed by atoms with E-state index in [1.54, 1.807) is 22.3 Å². The Morgan fingerprint density at radius 2 is 1.93 bits per heavy atom. The first-order valence-electron chi connectivity index (χ1n) is 10.4. The third-order valence-corrected chi connectivity index (χ3v) is 7.09. The fourth-order valence-electron chi connectivity index (χ4n) is 4.22. The van der Waals surface area contributed by atoms with Crippen LogP contribution in [0.1, 0.15) is 32.8 Å². The lowest BCUT2D eigenvalue weighted by molar-refractivity contribution is 0.0649. The SMILES string of the molecule is O=C(c1c(-n2cnnn2)sc2c1CCC2)N1CCN(C/C=C/c2ccccc2)CC1. The first kappa shape index (κ1) is 19.1. The molecule has 0 atom stereocenters. The zero-order valence-corrected chi connectivity index (χ0v) is 17.6. The highest BCUT2D eigenvalue weighted by Crippen LogP contribution is 2.38. The van der Waals surface area contributed by atoms with Crippen molar-refractivity contribution >= 4 is 23.3 Å². The molecule has 1 aromatic carbocycles. The number of fused-ring (bicyclic) bond motifs is 1. The van der Waals surface area contributed by atoms with E-state index in [0.717, 1.165) is 62.6 Å². The molecule has 5 rings (SSSR count). The summed E-state index contributed by atoms with van der Waals surface area (Å²) in [5, 5.41) is 12.4. The standard InChI is InChI=1S/C22H24N6OS/c29-21(20-18-9-4-10-19(18)30-22(20)28-16-23-24-25-28)27-14-12-26(13-15-27)11-5-8-17-6-2-1-3-7-17/h1-3,5-8,16H,4,9-15H2/b8-5+. The minimum absolute atomic E-state index is 0.124. The van der Waals surface area contributed by atoms with Crippen LogP contribution < -0.4 is 0 Å². The van der Waals surface area contributed by atoms with E-state index in [4.69, 9.17) is 0 Å². The lowest BCUT2D eigenvalue weighted by Gasteiger charge is -2.34. The highest BCUT2D eigenvalue weighted by molar-refractivity contribution is 7.15. The molecule has 2 aromatic heterocycles. The van der Waals surface area contributed by atoms with E-state index in [1.165, 1.54) is 16.0 Å². The third-order valence-electron chi connectivity index (χ3n) is 5.81. The molecule has 1 aliphatic carbocycles. The quantitative estimate of drug-likeness (QED) is 0.635. The molecule has 0 N–H and O–H groups in total. The summed E-state index contributed by atoms with van der Waals surface area (Å²) in [7, 11) is 0. The van der Waals surface area contributed by atoms with Gasteiger partial charge in [0.1, 0.15) is 11.3 Å². The van der Waals surface area contributed by atoms with E-state index in [2.05, 4.69) is 56.8 Å². The number of hydrogen-bond acceptors (Lipinski definition) is 6. The maximum atomic E-state index is 13.5. The molecule has 1 fully saturated rings. The molecule has 154 valence electrons. The summed E-state index contributed by atoms with van der Waals surface area (Å²) in [5.41, 5.74) is 3.24. The molecular weight excluding hydrogens is 396 g/mol. The fourth-order valence-corrected chi connectivity index (χ4v) is 5.52. The molecule has 3 aromatic rings. The first-order valence-corrected chi connectivity index (χ1v) is 11.2. The zero-order chi connectivity index (χ0) is 20.3. The first-order chi connectivity index (χ1) is 14.8. The van der Waals surface area contributed by atoms with Crippen LogP contribution in [-0.4, -0.2) is 68.6 Å². The Labute approximate surface area is 179 Å². The Bertz CT molecular complexity index is 1040. The molecule has 0 radical (unpaired) electrons. The summed E-state index contributed by atoms with van der Waals surface area (Å²) in [4.78, 5) is 19.2. The minimum Gasteiger partial charge on any atom is -0.336 e. The van der Waals surface area contributed by atoms with E-state index >= 15 is 0 Å². The van der Waals surface area contributed by atoms with Crippen LogP contribution in [0.25, 0.3) is 11.1 Å². The molecule has 7 nitrogen and oxygen atoms in total. The molecule has 0 bridgehead atoms. The monoisotopic (exact) mass is 420 g/mol. The number of amides is 1. The fraction of sp³-hybridized carbons (Fsp3) is 0.364. The van der Waals surface area contributed by atoms with Crippen molar-refractivity contribution in [3.63, 3.8) is 0 Å². The van der Waals surface area contributed by atoms with Crippen molar-refractivity contribution in [3.05, 3.63) is 64.3 Å². The van der Waals surface area contributed by atoms with Gasteiger partial charge in [-0.25, -0.2) is 0 Å². The number of carbonyl (C=O) groups is 1. The van der Waals surface area contributed by atoms with Gasteiger partial charge < -0.3 is 4.90 Å². The smallest absolute Gasteiger partial charge is 0.257 e. The minimum atomic E-state index is 0.124. The maximum Gasteiger partial charge on any atom is 0.257 e. The molecule has 0 saturated carbocycles. The predicted octanol–water partition coefficient (Wildman–Crippen LogP) is 2.68. The predicted molar refractivity (Wildman–Crippen MR) is 117 cm³/mol. The van der Waals surface area contributed by atoms with Crippen LogP contribution in [0.5, 0.6) is 0 Å². The van der Waals surface area contributed by atoms with E-state index in [-0.39, 0.29) is 5.91 Å². The van der Waals surface area contributed by atoms with Gasteiger partial charge in [-0.05, 0) is 40.8 Å². The Hall–Kier alpha value is -2.84. The van der Waals surface area contributed by atoms with Gasteiger partial charge in [0.2, 0.25) is 0 Å². The van der Waals surface area contributed by atoms with Gasteiger partial charge in [-0.15, -0.1) is 16.4 Å². The number of aromatic nitrogens is 4. The molecule has 1 amide bonds. The van der Waals surface area contributed by atoms with Crippen LogP contribution in [-0.2, 0) is 12.8 Å². The zero-order valence-electron chi connectivity index (χ0n) is 16.8. The van der Waals surface area contributed by atoms with Crippen LogP contribution in [0.2, 0.25) is 0 Å². The molecule has 0 spiro atoms. The second kappa shape index (κ2) is 8.49. The average Bonchev–Trinajstić information content (AvgIpc) is 3.52. The lowest BCUT2D eigenvalue weighted by Crippen LogP contribution is -2.48. The second-order valence-corrected chi connectivity index (χ2v) is 8.78. The van der Waals surface area contributed by atoms with Crippen molar-refractivity contribution < 1.29 is 4.79 Å². The molecule has 2 aliphatic rings. The molecule has 1 saturated heterocycles. The van der Waals surface area contributed by atoms with Crippen molar-refractivity contribution in [2.24, 2.45) is 0 Å². The Morgan fingerprint density at radius 1 is 1.10 bits per heavy atom. The van der Waals surface area contributed by atoms with Crippen LogP contribution in [0, 0.1) is 0 Å². The number of tetrazole rings is 1. The van der Waals surface area contributed by atoms with E-state index in [0.29, 0.717) is 0 Å². The van der Waals surface area contributed by atoms with Crippen molar-refractivity contribution in [2.45, 2.75) is 19.3 Å². The molecule has 8 heteroatoms. The number of nitrogens with zero attached hydrogens (tertiary/aromatic N) is 6. The molecule has 3 heterocycles. The number of carbonyl (C=O) groups excluding carboxylic acids is 1. The molecule has 0 unspecified atom stereocenters. The number of piperazine rings is 1. The number of aryl methyl sites for hydroxylation is 1. The van der Waals surface area contributed by atoms with Gasteiger partial charge in [0.05, 0.1) is 5.56 Å². The Kier molecular flexibility index (Phi) is 5.42. The van der Waals surface area contributed by atoms with E-state index in [1.807, 2.05) is 11.0 Å². The van der Waals surface area contributed by atoms with Gasteiger partial charge >= 0.3 is 0 Å². The summed E-state index contributed by atoms with van der Waals surface area (Å²) in [6.07, 6.45) is 9.08. The summed E-state index contributed by atoms with van der Waals surface area (Å²) in [5.74, 6) is 0.124. The topological polar surface area (TPSA) is 67.2 Å². The van der Waals surface area contributed by atoms with Gasteiger partial charge in [-0.1, -0.05) is 42.5 Å². The highest BCUT2D eigenvalue weighted by atomic mass is 32.1. The molecule has 30 heavy (non-hydrogen) atoms. The number of rotatable bonds is 5. The normalized spacial score (nSPS) is 17.0. The van der Waals surface area contributed by atoms with Crippen molar-refractivity contribution in [2.75, 3.05) is 32.7 Å². The van der Waals surface area contributed by atoms with Gasteiger partial charge in [-0.2, -0.15) is 4.68 Å². The van der Waals surface area contributed by atoms with Crippen LogP contribution >= 0.6 is 11.3 Å². The number of benzene rings is 1. The maximum absolute atomic E-state index is 13.5. The van der Waals surface area contributed by atoms with Crippen LogP contribution in [0.15, 0.2) is 42.7 Å². The van der Waals surface area contributed by atoms with Crippen molar-refractivity contribution in [3.8, 4) is 5.00 Å². The lowest BCUT2D eigenvalue weighted by atomic mass is 10.1. The van der Waals surface area contributed by atoms with Gasteiger partial charge in [0.15, 0.2) is 0 Å². The molecule has 1 aliphatic heterocycles. The summed E-state index contributed by atoms with van der Waals surface area (Å²) in [6.45, 7) is 4.17. The van der Waals surface area contributed by atoms with Crippen LogP contribution in [0.3, 0.4) is 0 Å². The Morgan fingerprint density at radius 3 is 2.70 bits per heavy atom. The largest absolute Gasteiger partial charge is 0.336 e. The number of thiophene rings is 1. The van der Waals surface area contributed by atoms with Crippen LogP contribution in [0.4, 0.5) is 0 Å². The summed E-state index contributed by atoms with van der Waals surface area (Å²) < 4.78 is 1.64. The van der Waals surface area contributed by atoms with Gasteiger partial charge in [-0.3, -0.25) is 9.69 Å². The summed E-state index contributed by atoms with van der Waals surface area (Å²) >= 11 is 1.66. The van der Waals surface area contributed by atoms with E-state index in [9.17, 15) is 4.79 Å². The highest BCUT2D eigenvalue weighted by Gasteiger charge is 2.31. The Balaban J connectivity index is 1.25. The van der Waals surface area contributed by atoms with Gasteiger partial charge in [0.25, 0.3) is 5.91 Å². The number of hydrogen-bond donors (Lipinski definition) is 0. The van der Waals surface area contributed by atoms with Gasteiger partial charge in [0, 0.05) is 37.6 Å².